The van der Waals surface area contributed by atoms with Crippen molar-refractivity contribution < 1.29 is 26.3 Å². The molecule has 0 amide bonds. The fourth-order valence-corrected chi connectivity index (χ4v) is 3.99. The summed E-state index contributed by atoms with van der Waals surface area (Å²) in [5, 5.41) is 10.7. The topological polar surface area (TPSA) is 79.2 Å². The number of rotatable bonds is 5. The molecule has 0 radical (unpaired) electrons. The molecule has 0 bridgehead atoms. The third-order valence-corrected chi connectivity index (χ3v) is 5.20. The Hall–Kier alpha value is -2.38. The number of thiocyanates is 1. The van der Waals surface area contributed by atoms with Crippen molar-refractivity contribution in [1.82, 2.24) is 0 Å². The molecule has 0 aliphatic carbocycles. The second-order valence-electron chi connectivity index (χ2n) is 5.25. The van der Waals surface area contributed by atoms with E-state index >= 15 is 0 Å². The zero-order chi connectivity index (χ0) is 19.5. The highest BCUT2D eigenvalue weighted by atomic mass is 32.2. The van der Waals surface area contributed by atoms with Crippen molar-refractivity contribution in [1.29, 1.82) is 5.26 Å². The van der Waals surface area contributed by atoms with Crippen molar-refractivity contribution in [3.8, 4) is 11.2 Å². The molecule has 5 nitrogen and oxygen atoms in total. The largest absolute Gasteiger partial charge is 0.573 e. The minimum atomic E-state index is -4.85. The molecule has 2 aromatic rings. The van der Waals surface area contributed by atoms with E-state index in [1.807, 2.05) is 5.40 Å². The zero-order valence-corrected chi connectivity index (χ0v) is 15.2. The summed E-state index contributed by atoms with van der Waals surface area (Å²) in [4.78, 5) is 0.473. The van der Waals surface area contributed by atoms with E-state index in [-0.39, 0.29) is 4.90 Å². The Labute approximate surface area is 152 Å². The number of benzene rings is 2. The van der Waals surface area contributed by atoms with Crippen molar-refractivity contribution in [2.45, 2.75) is 30.0 Å². The normalized spacial score (nSPS) is 11.7. The van der Waals surface area contributed by atoms with Gasteiger partial charge in [0.15, 0.2) is 0 Å². The van der Waals surface area contributed by atoms with Gasteiger partial charge in [0.2, 0.25) is 0 Å². The monoisotopic (exact) mass is 402 g/mol. The lowest BCUT2D eigenvalue weighted by Gasteiger charge is -2.15. The number of hydrogen-bond donors (Lipinski definition) is 1. The second kappa shape index (κ2) is 7.47. The van der Waals surface area contributed by atoms with Crippen molar-refractivity contribution in [3.05, 3.63) is 47.5 Å². The first-order chi connectivity index (χ1) is 12.0. The highest BCUT2D eigenvalue weighted by Crippen LogP contribution is 2.30. The summed E-state index contributed by atoms with van der Waals surface area (Å²) >= 11 is 0.955. The molecule has 0 atom stereocenters. The second-order valence-corrected chi connectivity index (χ2v) is 7.79. The molecule has 0 spiro atoms. The Morgan fingerprint density at radius 2 is 1.65 bits per heavy atom. The maximum absolute atomic E-state index is 12.5. The van der Waals surface area contributed by atoms with E-state index < -0.39 is 22.1 Å². The van der Waals surface area contributed by atoms with E-state index in [0.29, 0.717) is 21.7 Å². The van der Waals surface area contributed by atoms with Gasteiger partial charge in [-0.15, -0.1) is 13.2 Å². The van der Waals surface area contributed by atoms with Crippen LogP contribution in [-0.4, -0.2) is 14.8 Å². The third-order valence-electron chi connectivity index (χ3n) is 3.27. The van der Waals surface area contributed by atoms with Crippen LogP contribution in [0.1, 0.15) is 11.1 Å². The molecular weight excluding hydrogens is 389 g/mol. The minimum Gasteiger partial charge on any atom is -0.406 e. The predicted octanol–water partition coefficient (Wildman–Crippen LogP) is 4.58. The minimum absolute atomic E-state index is 0.207. The standard InChI is InChI=1S/C16H13F3N2O3S2/c1-10-7-13(25-9-20)8-11(2)15(10)21-26(22,23)14-5-3-12(4-6-14)24-16(17,18)19/h3-8,21H,1-2H3. The summed E-state index contributed by atoms with van der Waals surface area (Å²) in [6.07, 6.45) is -4.85. The highest BCUT2D eigenvalue weighted by molar-refractivity contribution is 8.03. The number of nitrogens with zero attached hydrogens (tertiary/aromatic N) is 1. The fourth-order valence-electron chi connectivity index (χ4n) is 2.21. The Morgan fingerprint density at radius 1 is 1.12 bits per heavy atom. The average molecular weight is 402 g/mol. The number of thioether (sulfide) groups is 1. The Balaban J connectivity index is 2.28. The molecule has 0 aromatic heterocycles. The van der Waals surface area contributed by atoms with E-state index in [4.69, 9.17) is 5.26 Å². The summed E-state index contributed by atoms with van der Waals surface area (Å²) < 4.78 is 67.6. The number of anilines is 1. The lowest BCUT2D eigenvalue weighted by molar-refractivity contribution is -0.274. The van der Waals surface area contributed by atoms with Gasteiger partial charge in [-0.25, -0.2) is 8.42 Å². The number of alkyl halides is 3. The molecule has 0 aliphatic heterocycles. The van der Waals surface area contributed by atoms with Crippen LogP contribution in [0.15, 0.2) is 46.2 Å². The molecular formula is C16H13F3N2O3S2. The quantitative estimate of drug-likeness (QED) is 0.585. The van der Waals surface area contributed by atoms with E-state index in [0.717, 1.165) is 36.0 Å². The smallest absolute Gasteiger partial charge is 0.406 e. The number of ether oxygens (including phenoxy) is 1. The lowest BCUT2D eigenvalue weighted by Crippen LogP contribution is -2.17. The van der Waals surface area contributed by atoms with Crippen molar-refractivity contribution in [3.63, 3.8) is 0 Å². The van der Waals surface area contributed by atoms with Crippen LogP contribution in [0.4, 0.5) is 18.9 Å². The number of hydrogen-bond acceptors (Lipinski definition) is 5. The molecule has 0 saturated carbocycles. The summed E-state index contributed by atoms with van der Waals surface area (Å²) in [6.45, 7) is 3.37. The van der Waals surface area contributed by atoms with E-state index in [9.17, 15) is 21.6 Å². The van der Waals surface area contributed by atoms with E-state index in [1.165, 1.54) is 0 Å². The van der Waals surface area contributed by atoms with Crippen LogP contribution in [0.3, 0.4) is 0 Å². The average Bonchev–Trinajstić information content (AvgIpc) is 2.50. The maximum atomic E-state index is 12.5. The highest BCUT2D eigenvalue weighted by Gasteiger charge is 2.31. The Morgan fingerprint density at radius 3 is 2.12 bits per heavy atom. The van der Waals surface area contributed by atoms with Crippen LogP contribution in [0, 0.1) is 24.5 Å². The number of aryl methyl sites for hydroxylation is 2. The Bertz CT molecular complexity index is 927. The molecule has 10 heteroatoms. The lowest BCUT2D eigenvalue weighted by atomic mass is 10.1. The van der Waals surface area contributed by atoms with Gasteiger partial charge < -0.3 is 4.74 Å². The van der Waals surface area contributed by atoms with Crippen LogP contribution in [0.5, 0.6) is 5.75 Å². The summed E-state index contributed by atoms with van der Waals surface area (Å²) in [6, 6.07) is 7.23. The molecule has 0 saturated heterocycles. The number of nitriles is 1. The van der Waals surface area contributed by atoms with Gasteiger partial charge in [-0.2, -0.15) is 5.26 Å². The summed E-state index contributed by atoms with van der Waals surface area (Å²) in [7, 11) is -4.00. The molecule has 0 aliphatic rings. The van der Waals surface area contributed by atoms with Gasteiger partial charge in [-0.1, -0.05) is 0 Å². The van der Waals surface area contributed by atoms with Crippen LogP contribution in [0.25, 0.3) is 0 Å². The van der Waals surface area contributed by atoms with Crippen LogP contribution in [0.2, 0.25) is 0 Å². The van der Waals surface area contributed by atoms with Gasteiger partial charge in [-0.05, 0) is 73.1 Å². The van der Waals surface area contributed by atoms with Gasteiger partial charge >= 0.3 is 6.36 Å². The summed E-state index contributed by atoms with van der Waals surface area (Å²) in [5.74, 6) is -0.512. The van der Waals surface area contributed by atoms with E-state index in [2.05, 4.69) is 9.46 Å². The van der Waals surface area contributed by atoms with Crippen molar-refractivity contribution in [2.24, 2.45) is 0 Å². The van der Waals surface area contributed by atoms with Crippen LogP contribution in [-0.2, 0) is 10.0 Å². The molecule has 138 valence electrons. The van der Waals surface area contributed by atoms with Gasteiger partial charge in [-0.3, -0.25) is 4.72 Å². The van der Waals surface area contributed by atoms with Gasteiger partial charge in [0.1, 0.15) is 11.2 Å². The zero-order valence-electron chi connectivity index (χ0n) is 13.6. The third kappa shape index (κ3) is 5.06. The number of halogens is 3. The van der Waals surface area contributed by atoms with Gasteiger partial charge in [0.05, 0.1) is 10.6 Å². The molecule has 26 heavy (non-hydrogen) atoms. The molecule has 2 aromatic carbocycles. The van der Waals surface area contributed by atoms with Crippen LogP contribution < -0.4 is 9.46 Å². The molecule has 2 rings (SSSR count). The first-order valence-electron chi connectivity index (χ1n) is 7.07. The first kappa shape index (κ1) is 19.9. The van der Waals surface area contributed by atoms with Crippen molar-refractivity contribution >= 4 is 27.5 Å². The SMILES string of the molecule is Cc1cc(SC#N)cc(C)c1NS(=O)(=O)c1ccc(OC(F)(F)F)cc1. The Kier molecular flexibility index (Phi) is 5.73. The molecule has 1 N–H and O–H groups in total. The molecule has 0 fully saturated rings. The number of nitrogens with one attached hydrogen (secondary N) is 1. The maximum Gasteiger partial charge on any atom is 0.573 e. The predicted molar refractivity (Wildman–Crippen MR) is 91.3 cm³/mol. The van der Waals surface area contributed by atoms with Crippen molar-refractivity contribution in [2.75, 3.05) is 4.72 Å². The summed E-state index contributed by atoms with van der Waals surface area (Å²) in [5.41, 5.74) is 1.58. The van der Waals surface area contributed by atoms with Gasteiger partial charge in [0, 0.05) is 4.90 Å². The number of sulfonamides is 1. The fraction of sp³-hybridized carbons (Fsp3) is 0.188. The first-order valence-corrected chi connectivity index (χ1v) is 9.37. The van der Waals surface area contributed by atoms with E-state index in [1.54, 1.807) is 26.0 Å². The van der Waals surface area contributed by atoms with Crippen LogP contribution >= 0.6 is 11.8 Å². The van der Waals surface area contributed by atoms with Gasteiger partial charge in [0.25, 0.3) is 10.0 Å². The molecule has 0 heterocycles. The molecule has 0 unspecified atom stereocenters.